The molecule has 0 aliphatic rings. The summed E-state index contributed by atoms with van der Waals surface area (Å²) in [5.74, 6) is -2.68. The predicted molar refractivity (Wildman–Crippen MR) is 103 cm³/mol. The fourth-order valence-corrected chi connectivity index (χ4v) is 3.57. The van der Waals surface area contributed by atoms with Crippen LogP contribution in [-0.2, 0) is 30.4 Å². The van der Waals surface area contributed by atoms with Crippen molar-refractivity contribution in [2.45, 2.75) is 0 Å². The Hall–Kier alpha value is -2.64. The maximum atomic E-state index is 12.9. The van der Waals surface area contributed by atoms with Gasteiger partial charge in [0.05, 0.1) is 18.8 Å². The molecule has 10 nitrogen and oxygen atoms in total. The van der Waals surface area contributed by atoms with E-state index in [1.165, 1.54) is 24.3 Å². The number of carbonyl (C=O) groups is 1. The molecule has 0 radical (unpaired) electrons. The van der Waals surface area contributed by atoms with Crippen molar-refractivity contribution in [3.05, 3.63) is 53.6 Å². The second-order valence-corrected chi connectivity index (χ2v) is 10.6. The molecule has 158 valence electrons. The minimum Gasteiger partial charge on any atom is -0.382 e. The second-order valence-electron chi connectivity index (χ2n) is 5.85. The maximum absolute atomic E-state index is 12.9. The quantitative estimate of drug-likeness (QED) is 0.408. The summed E-state index contributed by atoms with van der Waals surface area (Å²) in [6, 6.07) is 9.14. The Morgan fingerprint density at radius 1 is 0.690 bits per heavy atom. The van der Waals surface area contributed by atoms with Gasteiger partial charge in [0.2, 0.25) is 5.78 Å². The topological polar surface area (TPSA) is 147 Å². The first kappa shape index (κ1) is 22.6. The molecule has 0 fully saturated rings. The van der Waals surface area contributed by atoms with Crippen LogP contribution in [0.4, 0.5) is 0 Å². The van der Waals surface area contributed by atoms with Gasteiger partial charge >= 0.3 is 30.4 Å². The average Bonchev–Trinajstić information content (AvgIpc) is 2.50. The lowest BCUT2D eigenvalue weighted by atomic mass is 10.0. The third-order valence-corrected chi connectivity index (χ3v) is 4.49. The molecule has 0 unspecified atom stereocenters. The van der Waals surface area contributed by atoms with Crippen molar-refractivity contribution in [2.24, 2.45) is 0 Å². The number of carbonyl (C=O) groups excluding carboxylic acids is 1. The van der Waals surface area contributed by atoms with Gasteiger partial charge in [-0.3, -0.25) is 4.79 Å². The van der Waals surface area contributed by atoms with Crippen molar-refractivity contribution in [1.82, 2.24) is 0 Å². The van der Waals surface area contributed by atoms with Crippen LogP contribution in [0.2, 0.25) is 0 Å². The van der Waals surface area contributed by atoms with Crippen LogP contribution in [0.1, 0.15) is 15.9 Å². The second kappa shape index (κ2) is 8.00. The van der Waals surface area contributed by atoms with Crippen molar-refractivity contribution >= 4 is 36.1 Å². The van der Waals surface area contributed by atoms with Crippen LogP contribution in [-0.4, -0.2) is 49.8 Å². The molecule has 0 atom stereocenters. The number of hydrogen-bond donors (Lipinski definition) is 0. The average molecular weight is 464 g/mol. The van der Waals surface area contributed by atoms with Gasteiger partial charge in [0, 0.05) is 17.7 Å². The lowest BCUT2D eigenvalue weighted by molar-refractivity contribution is 0.103. The summed E-state index contributed by atoms with van der Waals surface area (Å²) in [6.45, 7) is 0. The first-order valence-electron chi connectivity index (χ1n) is 7.61. The Kier molecular flexibility index (Phi) is 6.25. The highest BCUT2D eigenvalue weighted by molar-refractivity contribution is 7.86. The summed E-state index contributed by atoms with van der Waals surface area (Å²) >= 11 is 0. The van der Waals surface area contributed by atoms with Crippen LogP contribution in [0, 0.1) is 0 Å². The van der Waals surface area contributed by atoms with Crippen molar-refractivity contribution in [3.8, 4) is 17.2 Å². The fraction of sp³-hybridized carbons (Fsp3) is 0.188. The van der Waals surface area contributed by atoms with E-state index >= 15 is 0 Å². The lowest BCUT2D eigenvalue weighted by Crippen LogP contribution is -2.15. The van der Waals surface area contributed by atoms with Gasteiger partial charge < -0.3 is 12.5 Å². The molecule has 0 aromatic heterocycles. The van der Waals surface area contributed by atoms with Crippen molar-refractivity contribution in [1.29, 1.82) is 0 Å². The molecule has 2 aromatic carbocycles. The first-order valence-corrected chi connectivity index (χ1v) is 13.1. The van der Waals surface area contributed by atoms with E-state index in [9.17, 15) is 30.0 Å². The summed E-state index contributed by atoms with van der Waals surface area (Å²) in [5.41, 5.74) is -0.478. The van der Waals surface area contributed by atoms with E-state index in [1.54, 1.807) is 6.07 Å². The van der Waals surface area contributed by atoms with Gasteiger partial charge in [-0.1, -0.05) is 30.3 Å². The van der Waals surface area contributed by atoms with Crippen LogP contribution in [0.3, 0.4) is 0 Å². The van der Waals surface area contributed by atoms with Crippen molar-refractivity contribution in [2.75, 3.05) is 18.8 Å². The molecule has 0 amide bonds. The van der Waals surface area contributed by atoms with E-state index in [4.69, 9.17) is 8.37 Å². The Labute approximate surface area is 168 Å². The highest BCUT2D eigenvalue weighted by Crippen LogP contribution is 2.37. The van der Waals surface area contributed by atoms with Gasteiger partial charge in [-0.15, -0.1) is 0 Å². The Morgan fingerprint density at radius 2 is 1.10 bits per heavy atom. The SMILES string of the molecule is CS(=O)(=O)Oc1cc(OS(C)(=O)=O)c(C(=O)c2ccccc2)c(OS(C)(=O)=O)c1. The molecular weight excluding hydrogens is 448 g/mol. The predicted octanol–water partition coefficient (Wildman–Crippen LogP) is 0.933. The number of hydrogen-bond acceptors (Lipinski definition) is 10. The summed E-state index contributed by atoms with van der Waals surface area (Å²) in [5, 5.41) is 0. The molecule has 0 heterocycles. The lowest BCUT2D eigenvalue weighted by Gasteiger charge is -2.15. The Balaban J connectivity index is 2.82. The van der Waals surface area contributed by atoms with Crippen molar-refractivity contribution < 1.29 is 42.6 Å². The molecule has 2 aromatic rings. The van der Waals surface area contributed by atoms with Gasteiger partial charge in [0.1, 0.15) is 11.3 Å². The van der Waals surface area contributed by atoms with E-state index < -0.39 is 58.9 Å². The molecule has 0 N–H and O–H groups in total. The minimum atomic E-state index is -4.20. The molecule has 13 heteroatoms. The molecular formula is C16H16O10S3. The molecule has 2 rings (SSSR count). The molecule has 29 heavy (non-hydrogen) atoms. The van der Waals surface area contributed by atoms with Gasteiger partial charge in [0.25, 0.3) is 0 Å². The summed E-state index contributed by atoms with van der Waals surface area (Å²) in [4.78, 5) is 12.9. The monoisotopic (exact) mass is 464 g/mol. The summed E-state index contributed by atoms with van der Waals surface area (Å²) in [7, 11) is -12.5. The summed E-state index contributed by atoms with van der Waals surface area (Å²) in [6.07, 6.45) is 2.08. The Morgan fingerprint density at radius 3 is 1.48 bits per heavy atom. The van der Waals surface area contributed by atoms with Crippen LogP contribution in [0.5, 0.6) is 17.2 Å². The third kappa shape index (κ3) is 7.03. The third-order valence-electron chi connectivity index (χ3n) is 3.03. The van der Waals surface area contributed by atoms with Crippen LogP contribution >= 0.6 is 0 Å². The smallest absolute Gasteiger partial charge is 0.306 e. The zero-order valence-corrected chi connectivity index (χ0v) is 17.8. The van der Waals surface area contributed by atoms with E-state index in [0.717, 1.165) is 12.1 Å². The van der Waals surface area contributed by atoms with Gasteiger partial charge in [-0.25, -0.2) is 0 Å². The molecule has 0 bridgehead atoms. The van der Waals surface area contributed by atoms with Gasteiger partial charge in [-0.05, 0) is 0 Å². The minimum absolute atomic E-state index is 0.0704. The van der Waals surface area contributed by atoms with Crippen LogP contribution in [0.25, 0.3) is 0 Å². The highest BCUT2D eigenvalue weighted by Gasteiger charge is 2.27. The van der Waals surface area contributed by atoms with E-state index in [2.05, 4.69) is 4.18 Å². The molecule has 0 aliphatic carbocycles. The molecule has 0 aliphatic heterocycles. The normalized spacial score (nSPS) is 12.2. The molecule has 0 spiro atoms. The largest absolute Gasteiger partial charge is 0.382 e. The Bertz CT molecular complexity index is 1190. The number of ketones is 1. The van der Waals surface area contributed by atoms with Gasteiger partial charge in [-0.2, -0.15) is 25.3 Å². The molecule has 0 saturated heterocycles. The van der Waals surface area contributed by atoms with Gasteiger partial charge in [0.15, 0.2) is 11.5 Å². The van der Waals surface area contributed by atoms with E-state index in [0.29, 0.717) is 18.8 Å². The zero-order valence-electron chi connectivity index (χ0n) is 15.3. The maximum Gasteiger partial charge on any atom is 0.306 e. The van der Waals surface area contributed by atoms with E-state index in [-0.39, 0.29) is 5.56 Å². The van der Waals surface area contributed by atoms with Crippen molar-refractivity contribution in [3.63, 3.8) is 0 Å². The fourth-order valence-electron chi connectivity index (χ4n) is 2.20. The van der Waals surface area contributed by atoms with Crippen LogP contribution in [0.15, 0.2) is 42.5 Å². The summed E-state index contributed by atoms with van der Waals surface area (Å²) < 4.78 is 83.7. The zero-order chi connectivity index (χ0) is 22.0. The number of rotatable bonds is 8. The van der Waals surface area contributed by atoms with E-state index in [1.807, 2.05) is 0 Å². The van der Waals surface area contributed by atoms with Crippen LogP contribution < -0.4 is 12.5 Å². The standard InChI is InChI=1S/C16H16O10S3/c1-27(18,19)24-12-9-13(25-28(2,20)21)15(14(10-12)26-29(3,22)23)16(17)11-7-5-4-6-8-11/h4-10H,1-3H3. The highest BCUT2D eigenvalue weighted by atomic mass is 32.2. The molecule has 0 saturated carbocycles. The first-order chi connectivity index (χ1) is 13.1. The number of benzene rings is 2.